The lowest BCUT2D eigenvalue weighted by Gasteiger charge is -2.27. The van der Waals surface area contributed by atoms with E-state index in [1.165, 1.54) is 4.88 Å². The van der Waals surface area contributed by atoms with Crippen LogP contribution >= 0.6 is 11.3 Å². The monoisotopic (exact) mass is 290 g/mol. The van der Waals surface area contributed by atoms with Gasteiger partial charge in [-0.25, -0.2) is 10.8 Å². The van der Waals surface area contributed by atoms with Crippen LogP contribution < -0.4 is 16.2 Å². The lowest BCUT2D eigenvalue weighted by Crippen LogP contribution is -2.32. The zero-order valence-electron chi connectivity index (χ0n) is 11.8. The molecule has 0 saturated heterocycles. The molecule has 2 rings (SSSR count). The second-order valence-corrected chi connectivity index (χ2v) is 6.02. The van der Waals surface area contributed by atoms with Crippen molar-refractivity contribution in [2.24, 2.45) is 5.84 Å². The Labute approximate surface area is 122 Å². The molecule has 0 saturated carbocycles. The molecule has 7 heteroatoms. The highest BCUT2D eigenvalue weighted by Crippen LogP contribution is 2.32. The zero-order valence-corrected chi connectivity index (χ0v) is 12.7. The van der Waals surface area contributed by atoms with Crippen LogP contribution in [-0.4, -0.2) is 22.6 Å². The molecule has 0 aliphatic carbocycles. The molecule has 0 unspecified atom stereocenters. The standard InChI is InChI=1S/C13H18N6S/c1-8(2)19(6-4-5-14)11-10-7-9(3)20-12(10)17-13(16-11)18-15/h7-8H,4,6,15H2,1-3H3,(H,16,17,18). The number of nitriles is 1. The van der Waals surface area contributed by atoms with Gasteiger partial charge in [0.25, 0.3) is 0 Å². The summed E-state index contributed by atoms with van der Waals surface area (Å²) in [4.78, 5) is 13.1. The molecule has 0 fully saturated rings. The molecule has 20 heavy (non-hydrogen) atoms. The van der Waals surface area contributed by atoms with Gasteiger partial charge in [-0.2, -0.15) is 10.2 Å². The Kier molecular flexibility index (Phi) is 4.37. The maximum atomic E-state index is 8.82. The largest absolute Gasteiger partial charge is 0.352 e. The average molecular weight is 290 g/mol. The number of nitrogen functional groups attached to an aromatic ring is 1. The Bertz CT molecular complexity index is 642. The molecule has 0 aliphatic heterocycles. The molecule has 0 aromatic carbocycles. The number of fused-ring (bicyclic) bond motifs is 1. The van der Waals surface area contributed by atoms with Crippen LogP contribution in [0.2, 0.25) is 0 Å². The second kappa shape index (κ2) is 6.03. The minimum atomic E-state index is 0.243. The molecule has 6 nitrogen and oxygen atoms in total. The van der Waals surface area contributed by atoms with Gasteiger partial charge >= 0.3 is 0 Å². The van der Waals surface area contributed by atoms with Crippen molar-refractivity contribution in [1.82, 2.24) is 9.97 Å². The normalized spacial score (nSPS) is 10.8. The molecule has 0 atom stereocenters. The maximum Gasteiger partial charge on any atom is 0.240 e. The highest BCUT2D eigenvalue weighted by molar-refractivity contribution is 7.18. The van der Waals surface area contributed by atoms with Gasteiger partial charge in [-0.15, -0.1) is 11.3 Å². The first-order valence-electron chi connectivity index (χ1n) is 6.45. The quantitative estimate of drug-likeness (QED) is 0.649. The predicted molar refractivity (Wildman–Crippen MR) is 82.7 cm³/mol. The van der Waals surface area contributed by atoms with Crippen LogP contribution in [0.1, 0.15) is 25.1 Å². The van der Waals surface area contributed by atoms with E-state index in [4.69, 9.17) is 11.1 Å². The van der Waals surface area contributed by atoms with Crippen molar-refractivity contribution in [1.29, 1.82) is 5.26 Å². The fourth-order valence-electron chi connectivity index (χ4n) is 2.09. The number of aryl methyl sites for hydroxylation is 1. The van der Waals surface area contributed by atoms with Gasteiger partial charge in [0, 0.05) is 17.5 Å². The number of nitrogens with two attached hydrogens (primary N) is 1. The van der Waals surface area contributed by atoms with Crippen molar-refractivity contribution in [3.63, 3.8) is 0 Å². The average Bonchev–Trinajstić information content (AvgIpc) is 2.78. The van der Waals surface area contributed by atoms with Crippen molar-refractivity contribution >= 4 is 33.3 Å². The summed E-state index contributed by atoms with van der Waals surface area (Å²) in [7, 11) is 0. The Morgan fingerprint density at radius 2 is 2.25 bits per heavy atom. The van der Waals surface area contributed by atoms with Crippen LogP contribution in [0.5, 0.6) is 0 Å². The first-order chi connectivity index (χ1) is 9.56. The van der Waals surface area contributed by atoms with Gasteiger partial charge in [0.1, 0.15) is 10.6 Å². The van der Waals surface area contributed by atoms with Crippen LogP contribution in [0.25, 0.3) is 10.2 Å². The van der Waals surface area contributed by atoms with Crippen LogP contribution in [-0.2, 0) is 0 Å². The summed E-state index contributed by atoms with van der Waals surface area (Å²) in [5, 5.41) is 9.83. The minimum Gasteiger partial charge on any atom is -0.352 e. The molecule has 2 heterocycles. The maximum absolute atomic E-state index is 8.82. The lowest BCUT2D eigenvalue weighted by atomic mass is 10.2. The van der Waals surface area contributed by atoms with Crippen molar-refractivity contribution in [2.45, 2.75) is 33.2 Å². The minimum absolute atomic E-state index is 0.243. The molecule has 106 valence electrons. The molecule has 0 amide bonds. The van der Waals surface area contributed by atoms with E-state index >= 15 is 0 Å². The summed E-state index contributed by atoms with van der Waals surface area (Å²) in [5.41, 5.74) is 2.51. The molecule has 0 bridgehead atoms. The number of anilines is 2. The van der Waals surface area contributed by atoms with Gasteiger partial charge in [-0.1, -0.05) is 0 Å². The van der Waals surface area contributed by atoms with E-state index in [-0.39, 0.29) is 6.04 Å². The fraction of sp³-hybridized carbons (Fsp3) is 0.462. The highest BCUT2D eigenvalue weighted by Gasteiger charge is 2.18. The van der Waals surface area contributed by atoms with Gasteiger partial charge in [0.15, 0.2) is 0 Å². The number of aromatic nitrogens is 2. The molecular weight excluding hydrogens is 272 g/mol. The second-order valence-electron chi connectivity index (χ2n) is 4.79. The summed E-state index contributed by atoms with van der Waals surface area (Å²) in [6, 6.07) is 4.51. The lowest BCUT2D eigenvalue weighted by molar-refractivity contribution is 0.679. The van der Waals surface area contributed by atoms with Gasteiger partial charge in [0.05, 0.1) is 17.9 Å². The van der Waals surface area contributed by atoms with Crippen LogP contribution in [0.4, 0.5) is 11.8 Å². The molecular formula is C13H18N6S. The van der Waals surface area contributed by atoms with E-state index in [1.807, 2.05) is 6.92 Å². The van der Waals surface area contributed by atoms with Crippen LogP contribution in [0, 0.1) is 18.3 Å². The molecule has 3 N–H and O–H groups in total. The Morgan fingerprint density at radius 3 is 2.85 bits per heavy atom. The Balaban J connectivity index is 2.56. The van der Waals surface area contributed by atoms with Crippen LogP contribution in [0.3, 0.4) is 0 Å². The third-order valence-electron chi connectivity index (χ3n) is 2.98. The van der Waals surface area contributed by atoms with E-state index in [0.717, 1.165) is 16.0 Å². The fourth-order valence-corrected chi connectivity index (χ4v) is 2.96. The highest BCUT2D eigenvalue weighted by atomic mass is 32.1. The number of nitrogens with one attached hydrogen (secondary N) is 1. The summed E-state index contributed by atoms with van der Waals surface area (Å²) < 4.78 is 0. The Hall–Kier alpha value is -1.91. The molecule has 2 aromatic rings. The van der Waals surface area contributed by atoms with E-state index in [0.29, 0.717) is 18.9 Å². The zero-order chi connectivity index (χ0) is 14.7. The van der Waals surface area contributed by atoms with E-state index < -0.39 is 0 Å². The summed E-state index contributed by atoms with van der Waals surface area (Å²) in [6.07, 6.45) is 0.457. The SMILES string of the molecule is Cc1cc2c(N(CCC#N)C(C)C)nc(NN)nc2s1. The first-order valence-corrected chi connectivity index (χ1v) is 7.27. The predicted octanol–water partition coefficient (Wildman–Crippen LogP) is 2.41. The molecule has 2 aromatic heterocycles. The number of hydrogen-bond acceptors (Lipinski definition) is 7. The van der Waals surface area contributed by atoms with Crippen molar-refractivity contribution in [3.05, 3.63) is 10.9 Å². The number of thiophene rings is 1. The Morgan fingerprint density at radius 1 is 1.50 bits per heavy atom. The van der Waals surface area contributed by atoms with E-state index in [9.17, 15) is 0 Å². The summed E-state index contributed by atoms with van der Waals surface area (Å²) >= 11 is 1.61. The third kappa shape index (κ3) is 2.81. The number of nitrogens with zero attached hydrogens (tertiary/aromatic N) is 4. The van der Waals surface area contributed by atoms with Crippen molar-refractivity contribution in [3.8, 4) is 6.07 Å². The van der Waals surface area contributed by atoms with E-state index in [1.54, 1.807) is 11.3 Å². The third-order valence-corrected chi connectivity index (χ3v) is 3.93. The molecule has 0 spiro atoms. The number of hydrogen-bond donors (Lipinski definition) is 2. The van der Waals surface area contributed by atoms with Gasteiger partial charge in [-0.05, 0) is 26.8 Å². The first kappa shape index (κ1) is 14.5. The van der Waals surface area contributed by atoms with Gasteiger partial charge < -0.3 is 4.90 Å². The summed E-state index contributed by atoms with van der Waals surface area (Å²) in [6.45, 7) is 6.85. The van der Waals surface area contributed by atoms with Crippen molar-refractivity contribution < 1.29 is 0 Å². The van der Waals surface area contributed by atoms with Crippen molar-refractivity contribution in [2.75, 3.05) is 16.9 Å². The van der Waals surface area contributed by atoms with Gasteiger partial charge in [-0.3, -0.25) is 5.43 Å². The topological polar surface area (TPSA) is 90.9 Å². The van der Waals surface area contributed by atoms with Crippen LogP contribution in [0.15, 0.2) is 6.07 Å². The number of rotatable bonds is 5. The van der Waals surface area contributed by atoms with Gasteiger partial charge in [0.2, 0.25) is 5.95 Å². The number of hydrazine groups is 1. The summed E-state index contributed by atoms with van der Waals surface area (Å²) in [5.74, 6) is 6.68. The molecule has 0 aliphatic rings. The molecule has 0 radical (unpaired) electrons. The smallest absolute Gasteiger partial charge is 0.240 e. The van der Waals surface area contributed by atoms with E-state index in [2.05, 4.69) is 46.3 Å².